The molecule has 10 N–H and O–H groups in total. The zero-order valence-corrected chi connectivity index (χ0v) is 15.3. The van der Waals surface area contributed by atoms with Gasteiger partial charge in [0.2, 0.25) is 5.95 Å². The number of nitrogen functional groups attached to an aromatic ring is 2. The largest absolute Gasteiger partial charge is 0.481 e. The van der Waals surface area contributed by atoms with E-state index in [0.29, 0.717) is 17.4 Å². The van der Waals surface area contributed by atoms with Crippen molar-refractivity contribution in [1.29, 1.82) is 0 Å². The molecule has 146 valence electrons. The Kier molecular flexibility index (Phi) is 9.51. The van der Waals surface area contributed by atoms with Crippen molar-refractivity contribution in [3.05, 3.63) is 53.1 Å². The van der Waals surface area contributed by atoms with Crippen LogP contribution in [0.1, 0.15) is 12.5 Å². The van der Waals surface area contributed by atoms with Crippen LogP contribution in [0.2, 0.25) is 5.02 Å². The van der Waals surface area contributed by atoms with Crippen LogP contribution in [-0.2, 0) is 11.3 Å². The molecule has 0 bridgehead atoms. The van der Waals surface area contributed by atoms with E-state index in [9.17, 15) is 0 Å². The molecule has 0 aliphatic rings. The normalized spacial score (nSPS) is 9.26. The number of carboxylic acid groups (broad SMARTS) is 1. The maximum absolute atomic E-state index is 9.00. The first-order chi connectivity index (χ1) is 11.8. The Morgan fingerprint density at radius 3 is 2.44 bits per heavy atom. The molecular weight excluding hydrogens is 374 g/mol. The van der Waals surface area contributed by atoms with Crippen molar-refractivity contribution >= 4 is 45.9 Å². The summed E-state index contributed by atoms with van der Waals surface area (Å²) < 4.78 is 0. The second-order valence-corrected chi connectivity index (χ2v) is 5.64. The predicted octanol–water partition coefficient (Wildman–Crippen LogP) is 1.50. The molecule has 27 heavy (non-hydrogen) atoms. The minimum atomic E-state index is -0.833. The Labute approximate surface area is 160 Å². The van der Waals surface area contributed by atoms with Gasteiger partial charge in [0, 0.05) is 29.6 Å². The van der Waals surface area contributed by atoms with Gasteiger partial charge in [0.25, 0.3) is 5.97 Å². The number of carbonyl (C=O) groups is 1. The second-order valence-electron chi connectivity index (χ2n) is 5.20. The van der Waals surface area contributed by atoms with E-state index in [1.165, 1.54) is 0 Å². The van der Waals surface area contributed by atoms with Crippen molar-refractivity contribution < 1.29 is 20.9 Å². The molecule has 0 atom stereocenters. The number of aliphatic carboxylic acids is 1. The average molecular weight is 396 g/mol. The summed E-state index contributed by atoms with van der Waals surface area (Å²) in [7, 11) is 0. The number of anilines is 3. The summed E-state index contributed by atoms with van der Waals surface area (Å²) in [6.07, 6.45) is 0. The average Bonchev–Trinajstić information content (AvgIpc) is 2.52. The maximum Gasteiger partial charge on any atom is 0.300 e. The van der Waals surface area contributed by atoms with Gasteiger partial charge in [-0.25, -0.2) is 4.98 Å². The fourth-order valence-electron chi connectivity index (χ4n) is 2.13. The number of hydrogen-bond donors (Lipinski definition) is 4. The van der Waals surface area contributed by atoms with Crippen molar-refractivity contribution in [2.45, 2.75) is 13.5 Å². The molecule has 0 amide bonds. The summed E-state index contributed by atoms with van der Waals surface area (Å²) in [6, 6.07) is 13.4. The molecule has 0 saturated heterocycles. The van der Waals surface area contributed by atoms with Gasteiger partial charge in [-0.2, -0.15) is 4.98 Å². The highest BCUT2D eigenvalue weighted by Gasteiger charge is 2.04. The number of carboxylic acids is 1. The van der Waals surface area contributed by atoms with Crippen LogP contribution in [0.3, 0.4) is 0 Å². The number of fused-ring (bicyclic) bond motifs is 1. The van der Waals surface area contributed by atoms with Crippen LogP contribution in [0.15, 0.2) is 42.5 Å². The Balaban J connectivity index is 0.00000103. The lowest BCUT2D eigenvalue weighted by molar-refractivity contribution is -0.134. The van der Waals surface area contributed by atoms with Crippen LogP contribution >= 0.6 is 11.6 Å². The summed E-state index contributed by atoms with van der Waals surface area (Å²) in [4.78, 5) is 17.1. The second kappa shape index (κ2) is 10.8. The van der Waals surface area contributed by atoms with Gasteiger partial charge in [0.1, 0.15) is 5.82 Å². The molecule has 3 rings (SSSR count). The first kappa shape index (κ1) is 23.9. The number of rotatable bonds is 3. The number of nitrogens with zero attached hydrogens (tertiary/aromatic N) is 2. The van der Waals surface area contributed by atoms with Crippen LogP contribution in [-0.4, -0.2) is 32.0 Å². The molecule has 0 unspecified atom stereocenters. The van der Waals surface area contributed by atoms with E-state index in [1.807, 2.05) is 42.5 Å². The van der Waals surface area contributed by atoms with Crippen LogP contribution < -0.4 is 16.8 Å². The molecule has 0 fully saturated rings. The number of halogens is 1. The molecule has 3 aromatic rings. The predicted molar refractivity (Wildman–Crippen MR) is 108 cm³/mol. The lowest BCUT2D eigenvalue weighted by Crippen LogP contribution is -2.02. The lowest BCUT2D eigenvalue weighted by Gasteiger charge is -2.09. The van der Waals surface area contributed by atoms with Crippen molar-refractivity contribution in [1.82, 2.24) is 9.97 Å². The van der Waals surface area contributed by atoms with E-state index < -0.39 is 5.97 Å². The molecule has 0 radical (unpaired) electrons. The van der Waals surface area contributed by atoms with Gasteiger partial charge in [-0.05, 0) is 35.9 Å². The first-order valence-electron chi connectivity index (χ1n) is 7.35. The molecule has 1 aromatic heterocycles. The smallest absolute Gasteiger partial charge is 0.300 e. The molecule has 0 saturated carbocycles. The van der Waals surface area contributed by atoms with Crippen molar-refractivity contribution in [2.75, 3.05) is 16.8 Å². The van der Waals surface area contributed by atoms with Gasteiger partial charge >= 0.3 is 0 Å². The SMILES string of the molecule is CC(=O)O.Nc1nc(N)c2cc(CNc3cccc(Cl)c3)ccc2n1.O.O. The van der Waals surface area contributed by atoms with Crippen molar-refractivity contribution in [3.8, 4) is 0 Å². The van der Waals surface area contributed by atoms with Crippen molar-refractivity contribution in [2.24, 2.45) is 0 Å². The number of hydrogen-bond acceptors (Lipinski definition) is 6. The minimum absolute atomic E-state index is 0. The molecule has 0 aliphatic carbocycles. The highest BCUT2D eigenvalue weighted by atomic mass is 35.5. The highest BCUT2D eigenvalue weighted by Crippen LogP contribution is 2.21. The summed E-state index contributed by atoms with van der Waals surface area (Å²) in [6.45, 7) is 1.74. The van der Waals surface area contributed by atoms with E-state index in [1.54, 1.807) is 0 Å². The summed E-state index contributed by atoms with van der Waals surface area (Å²) in [5, 5.41) is 12.2. The third-order valence-corrected chi connectivity index (χ3v) is 3.36. The van der Waals surface area contributed by atoms with Gasteiger partial charge in [-0.3, -0.25) is 4.79 Å². The molecule has 1 heterocycles. The van der Waals surface area contributed by atoms with Crippen LogP contribution in [0.4, 0.5) is 17.5 Å². The Hall–Kier alpha value is -3.14. The molecule has 0 spiro atoms. The summed E-state index contributed by atoms with van der Waals surface area (Å²) in [5.74, 6) is -0.257. The molecule has 2 aromatic carbocycles. The van der Waals surface area contributed by atoms with Crippen LogP contribution in [0.25, 0.3) is 10.9 Å². The number of benzene rings is 2. The van der Waals surface area contributed by atoms with Gasteiger partial charge in [0.05, 0.1) is 5.52 Å². The van der Waals surface area contributed by atoms with Crippen LogP contribution in [0.5, 0.6) is 0 Å². The number of nitrogens with two attached hydrogens (primary N) is 2. The lowest BCUT2D eigenvalue weighted by atomic mass is 10.1. The van der Waals surface area contributed by atoms with E-state index in [4.69, 9.17) is 33.0 Å². The summed E-state index contributed by atoms with van der Waals surface area (Å²) >= 11 is 5.96. The Morgan fingerprint density at radius 2 is 1.81 bits per heavy atom. The quantitative estimate of drug-likeness (QED) is 0.516. The Morgan fingerprint density at radius 1 is 1.15 bits per heavy atom. The monoisotopic (exact) mass is 395 g/mol. The van der Waals surface area contributed by atoms with Crippen molar-refractivity contribution in [3.63, 3.8) is 0 Å². The standard InChI is InChI=1S/C15H14ClN5.C2H4O2.2H2O/c16-10-2-1-3-11(7-10)19-8-9-4-5-13-12(6-9)14(17)21-15(18)20-13;1-2(3)4;;/h1-7,19H,8H2,(H4,17,18,20,21);1H3,(H,3,4);2*1H2. The zero-order chi connectivity index (χ0) is 18.4. The van der Waals surface area contributed by atoms with E-state index in [2.05, 4.69) is 15.3 Å². The van der Waals surface area contributed by atoms with Gasteiger partial charge in [0.15, 0.2) is 0 Å². The molecule has 9 nitrogen and oxygen atoms in total. The maximum atomic E-state index is 9.00. The van der Waals surface area contributed by atoms with E-state index >= 15 is 0 Å². The number of aromatic nitrogens is 2. The third-order valence-electron chi connectivity index (χ3n) is 3.13. The van der Waals surface area contributed by atoms with Gasteiger partial charge in [-0.15, -0.1) is 0 Å². The first-order valence-corrected chi connectivity index (χ1v) is 7.73. The van der Waals surface area contributed by atoms with Gasteiger partial charge < -0.3 is 32.8 Å². The van der Waals surface area contributed by atoms with E-state index in [0.717, 1.165) is 29.1 Å². The molecular formula is C17H22ClN5O4. The van der Waals surface area contributed by atoms with Gasteiger partial charge in [-0.1, -0.05) is 23.7 Å². The summed E-state index contributed by atoms with van der Waals surface area (Å²) in [5.41, 5.74) is 14.2. The minimum Gasteiger partial charge on any atom is -0.481 e. The molecule has 0 aliphatic heterocycles. The third kappa shape index (κ3) is 7.32. The zero-order valence-electron chi connectivity index (χ0n) is 14.5. The fraction of sp³-hybridized carbons (Fsp3) is 0.118. The fourth-order valence-corrected chi connectivity index (χ4v) is 2.32. The molecule has 10 heteroatoms. The highest BCUT2D eigenvalue weighted by molar-refractivity contribution is 6.30. The van der Waals surface area contributed by atoms with E-state index in [-0.39, 0.29) is 16.9 Å². The number of nitrogens with one attached hydrogen (secondary N) is 1. The topological polar surface area (TPSA) is 190 Å². The Bertz CT molecular complexity index is 904. The van der Waals surface area contributed by atoms with Crippen LogP contribution in [0, 0.1) is 0 Å².